The summed E-state index contributed by atoms with van der Waals surface area (Å²) in [6, 6.07) is 7.49. The summed E-state index contributed by atoms with van der Waals surface area (Å²) in [5.41, 5.74) is 3.97. The fraction of sp³-hybridized carbons (Fsp3) is 0.387. The van der Waals surface area contributed by atoms with Gasteiger partial charge in [-0.25, -0.2) is 14.8 Å². The first kappa shape index (κ1) is 30.3. The van der Waals surface area contributed by atoms with Crippen molar-refractivity contribution in [2.24, 2.45) is 15.0 Å². The highest BCUT2D eigenvalue weighted by Gasteiger charge is 2.21. The van der Waals surface area contributed by atoms with Gasteiger partial charge in [0.05, 0.1) is 30.8 Å². The third kappa shape index (κ3) is 7.34. The fourth-order valence-corrected chi connectivity index (χ4v) is 4.78. The Labute approximate surface area is 244 Å². The van der Waals surface area contributed by atoms with E-state index in [-0.39, 0.29) is 11.6 Å². The molecule has 0 saturated carbocycles. The van der Waals surface area contributed by atoms with E-state index in [1.165, 1.54) is 17.1 Å². The molecule has 1 aromatic carbocycles. The van der Waals surface area contributed by atoms with Crippen LogP contribution in [0.2, 0.25) is 0 Å². The molecule has 2 aromatic heterocycles. The predicted molar refractivity (Wildman–Crippen MR) is 165 cm³/mol. The van der Waals surface area contributed by atoms with Crippen LogP contribution >= 0.6 is 0 Å². The Morgan fingerprint density at radius 2 is 2.07 bits per heavy atom. The molecule has 0 aliphatic carbocycles. The molecular weight excluding hydrogens is 534 g/mol. The molecule has 1 atom stereocenters. The van der Waals surface area contributed by atoms with E-state index in [1.54, 1.807) is 13.3 Å². The summed E-state index contributed by atoms with van der Waals surface area (Å²) in [5, 5.41) is 3.85. The minimum absolute atomic E-state index is 0.135. The molecule has 0 spiro atoms. The van der Waals surface area contributed by atoms with Gasteiger partial charge in [0.1, 0.15) is 12.2 Å². The molecule has 0 fully saturated rings. The lowest BCUT2D eigenvalue weighted by molar-refractivity contribution is 0.250. The maximum Gasteiger partial charge on any atom is 0.439 e. The first-order chi connectivity index (χ1) is 20.5. The zero-order valence-corrected chi connectivity index (χ0v) is 24.5. The van der Waals surface area contributed by atoms with Gasteiger partial charge in [-0.3, -0.25) is 28.9 Å². The van der Waals surface area contributed by atoms with Crippen molar-refractivity contribution in [3.8, 4) is 11.4 Å². The van der Waals surface area contributed by atoms with Crippen molar-refractivity contribution in [3.05, 3.63) is 91.4 Å². The van der Waals surface area contributed by atoms with Gasteiger partial charge in [0.15, 0.2) is 11.6 Å². The first-order valence-electron chi connectivity index (χ1n) is 14.3. The molecule has 42 heavy (non-hydrogen) atoms. The van der Waals surface area contributed by atoms with Gasteiger partial charge < -0.3 is 4.74 Å². The molecule has 11 nitrogen and oxygen atoms in total. The minimum atomic E-state index is -0.605. The zero-order valence-electron chi connectivity index (χ0n) is 24.5. The zero-order chi connectivity index (χ0) is 29.9. The molecule has 11 heteroatoms. The summed E-state index contributed by atoms with van der Waals surface area (Å²) < 4.78 is 11.7. The van der Waals surface area contributed by atoms with Crippen LogP contribution in [0.5, 0.6) is 0 Å². The van der Waals surface area contributed by atoms with Gasteiger partial charge >= 0.3 is 5.76 Å². The number of rotatable bonds is 13. The van der Waals surface area contributed by atoms with Crippen molar-refractivity contribution in [2.45, 2.75) is 65.3 Å². The maximum absolute atomic E-state index is 13.9. The molecule has 0 radical (unpaired) electrons. The average Bonchev–Trinajstić information content (AvgIpc) is 3.45. The Kier molecular flexibility index (Phi) is 10.7. The van der Waals surface area contributed by atoms with E-state index in [0.29, 0.717) is 48.8 Å². The average molecular weight is 572 g/mol. The van der Waals surface area contributed by atoms with Crippen molar-refractivity contribution < 1.29 is 9.26 Å². The number of hydrogen-bond acceptors (Lipinski definition) is 9. The van der Waals surface area contributed by atoms with Gasteiger partial charge in [0.25, 0.3) is 5.56 Å². The number of allylic oxidation sites excluding steroid dienone is 2. The fourth-order valence-electron chi connectivity index (χ4n) is 4.78. The Morgan fingerprint density at radius 1 is 1.24 bits per heavy atom. The summed E-state index contributed by atoms with van der Waals surface area (Å²) in [6.07, 6.45) is 12.8. The molecule has 1 aliphatic heterocycles. The molecule has 4 rings (SSSR count). The Morgan fingerprint density at radius 3 is 2.74 bits per heavy atom. The number of H-pyrrole nitrogens is 1. The van der Waals surface area contributed by atoms with Crippen LogP contribution in [0.15, 0.2) is 77.0 Å². The summed E-state index contributed by atoms with van der Waals surface area (Å²) >= 11 is 0. The number of aromatic amines is 1. The van der Waals surface area contributed by atoms with Crippen LogP contribution in [0.4, 0.5) is 0 Å². The number of unbranched alkanes of at least 4 members (excludes halogenated alkanes) is 1. The predicted octanol–water partition coefficient (Wildman–Crippen LogP) is 4.63. The molecular formula is C31H37N7O4. The summed E-state index contributed by atoms with van der Waals surface area (Å²) in [6.45, 7) is 6.46. The van der Waals surface area contributed by atoms with Crippen molar-refractivity contribution >= 4 is 18.8 Å². The number of dihydropyridines is 1. The number of nitrogens with one attached hydrogen (secondary N) is 1. The molecule has 3 aromatic rings. The summed E-state index contributed by atoms with van der Waals surface area (Å²) in [7, 11) is 1.66. The molecule has 0 saturated heterocycles. The Bertz CT molecular complexity index is 1640. The van der Waals surface area contributed by atoms with Crippen LogP contribution in [-0.4, -0.2) is 52.1 Å². The standard InChI is InChI=1S/C31H37N7O4/c1-5-8-13-27-25(30(39)38(28(6-2)35-27)20-33-19-22(18-32-4)41-7-3)16-21-14-15-26(34-17-21)23-11-9-10-12-24(23)29-36-31(40)42-37-29/h9-12,14,17-20,26H,5-8,13,15-16H2,1-4H3,(H,36,37,40)/b22-19+,32-18?,33-20?/t26-/m1/s1. The van der Waals surface area contributed by atoms with E-state index in [1.807, 2.05) is 44.3 Å². The van der Waals surface area contributed by atoms with Crippen molar-refractivity contribution in [2.75, 3.05) is 13.7 Å². The number of hydrogen-bond donors (Lipinski definition) is 1. The highest BCUT2D eigenvalue weighted by atomic mass is 16.5. The van der Waals surface area contributed by atoms with E-state index in [2.05, 4.69) is 33.1 Å². The van der Waals surface area contributed by atoms with Crippen molar-refractivity contribution in [1.29, 1.82) is 0 Å². The summed E-state index contributed by atoms with van der Waals surface area (Å²) in [5.74, 6) is 0.926. The number of aryl methyl sites for hydroxylation is 2. The van der Waals surface area contributed by atoms with Crippen LogP contribution in [0, 0.1) is 0 Å². The second kappa shape index (κ2) is 14.8. The van der Waals surface area contributed by atoms with Gasteiger partial charge in [0.2, 0.25) is 0 Å². The lowest BCUT2D eigenvalue weighted by Gasteiger charge is -2.19. The number of aliphatic imine (C=N–C) groups is 3. The molecule has 1 aliphatic rings. The van der Waals surface area contributed by atoms with Crippen LogP contribution in [0.1, 0.15) is 68.7 Å². The molecule has 1 N–H and O–H groups in total. The molecule has 0 bridgehead atoms. The smallest absolute Gasteiger partial charge is 0.439 e. The van der Waals surface area contributed by atoms with E-state index in [0.717, 1.165) is 41.7 Å². The highest BCUT2D eigenvalue weighted by molar-refractivity contribution is 5.81. The third-order valence-corrected chi connectivity index (χ3v) is 6.82. The van der Waals surface area contributed by atoms with Gasteiger partial charge in [0, 0.05) is 37.2 Å². The van der Waals surface area contributed by atoms with E-state index < -0.39 is 5.76 Å². The topological polar surface area (TPSA) is 140 Å². The quantitative estimate of drug-likeness (QED) is 0.180. The normalized spacial score (nSPS) is 15.6. The van der Waals surface area contributed by atoms with Gasteiger partial charge in [-0.15, -0.1) is 0 Å². The van der Waals surface area contributed by atoms with E-state index in [9.17, 15) is 9.59 Å². The second-order valence-corrected chi connectivity index (χ2v) is 9.72. The van der Waals surface area contributed by atoms with Gasteiger partial charge in [-0.2, -0.15) is 0 Å². The van der Waals surface area contributed by atoms with Crippen LogP contribution in [0.3, 0.4) is 0 Å². The second-order valence-electron chi connectivity index (χ2n) is 9.72. The van der Waals surface area contributed by atoms with Crippen LogP contribution in [-0.2, 0) is 24.0 Å². The lowest BCUT2D eigenvalue weighted by Crippen LogP contribution is -2.30. The lowest BCUT2D eigenvalue weighted by atomic mass is 9.93. The van der Waals surface area contributed by atoms with Gasteiger partial charge in [-0.1, -0.05) is 55.8 Å². The molecule has 220 valence electrons. The SMILES string of the molecule is CCCCc1nc(CC)n(C=N/C=C(\C=NC)OCC)c(=O)c1CC1=CC[C@H](c2ccccc2-c2noc(=O)[nH]2)N=C1. The Balaban J connectivity index is 1.63. The number of benzene rings is 1. The molecule has 0 unspecified atom stereocenters. The largest absolute Gasteiger partial charge is 0.491 e. The van der Waals surface area contributed by atoms with Crippen molar-refractivity contribution in [1.82, 2.24) is 19.7 Å². The van der Waals surface area contributed by atoms with Crippen LogP contribution in [0.25, 0.3) is 11.4 Å². The highest BCUT2D eigenvalue weighted by Crippen LogP contribution is 2.32. The van der Waals surface area contributed by atoms with Crippen LogP contribution < -0.4 is 11.3 Å². The first-order valence-corrected chi connectivity index (χ1v) is 14.3. The number of ether oxygens (including phenoxy) is 1. The third-order valence-electron chi connectivity index (χ3n) is 6.82. The number of nitrogens with zero attached hydrogens (tertiary/aromatic N) is 6. The van der Waals surface area contributed by atoms with E-state index in [4.69, 9.17) is 19.2 Å². The Hall–Kier alpha value is -4.67. The molecule has 3 heterocycles. The van der Waals surface area contributed by atoms with Crippen molar-refractivity contribution in [3.63, 3.8) is 0 Å². The van der Waals surface area contributed by atoms with Gasteiger partial charge in [-0.05, 0) is 37.3 Å². The minimum Gasteiger partial charge on any atom is -0.491 e. The maximum atomic E-state index is 13.9. The molecule has 0 amide bonds. The number of aromatic nitrogens is 4. The monoisotopic (exact) mass is 571 g/mol. The summed E-state index contributed by atoms with van der Waals surface area (Å²) in [4.78, 5) is 46.1. The van der Waals surface area contributed by atoms with E-state index >= 15 is 0 Å².